The van der Waals surface area contributed by atoms with E-state index in [1.54, 1.807) is 12.1 Å². The van der Waals surface area contributed by atoms with Gasteiger partial charge in [-0.3, -0.25) is 9.69 Å². The summed E-state index contributed by atoms with van der Waals surface area (Å²) in [6, 6.07) is 7.26. The minimum absolute atomic E-state index is 0.00978. The fourth-order valence-electron chi connectivity index (χ4n) is 6.16. The fourth-order valence-corrected chi connectivity index (χ4v) is 6.16. The van der Waals surface area contributed by atoms with Crippen molar-refractivity contribution >= 4 is 11.9 Å². The number of nitrogens with zero attached hydrogens (tertiary/aromatic N) is 3. The number of halogens is 1. The Morgan fingerprint density at radius 1 is 0.970 bits per heavy atom. The average molecular weight is 459 g/mol. The van der Waals surface area contributed by atoms with E-state index in [4.69, 9.17) is 4.74 Å². The Labute approximate surface area is 195 Å². The van der Waals surface area contributed by atoms with Crippen molar-refractivity contribution in [1.82, 2.24) is 20.0 Å². The summed E-state index contributed by atoms with van der Waals surface area (Å²) in [4.78, 5) is 31.2. The zero-order valence-electron chi connectivity index (χ0n) is 19.3. The molecule has 0 radical (unpaired) electrons. The van der Waals surface area contributed by atoms with E-state index < -0.39 is 0 Å². The Morgan fingerprint density at radius 3 is 2.42 bits per heavy atom. The van der Waals surface area contributed by atoms with Gasteiger partial charge in [-0.2, -0.15) is 0 Å². The van der Waals surface area contributed by atoms with Crippen LogP contribution in [0, 0.1) is 11.7 Å². The number of carbonyl (C=O) groups is 2. The normalized spacial score (nSPS) is 28.2. The summed E-state index contributed by atoms with van der Waals surface area (Å²) < 4.78 is 19.2. The molecule has 1 aromatic carbocycles. The maximum Gasteiger partial charge on any atom is 0.320 e. The first-order chi connectivity index (χ1) is 16.1. The standard InChI is InChI=1S/C25H35FN4O3/c26-20-8-6-19(7-9-20)24(18-4-2-1-3-5-18)28-12-14-29(15-13-28)25(32)30-11-10-22-21(16-30)27-23(31)17-33-22/h6-9,18,21-22,24H,1-5,10-17H2,(H,27,31). The van der Waals surface area contributed by atoms with E-state index in [2.05, 4.69) is 10.2 Å². The van der Waals surface area contributed by atoms with Crippen molar-refractivity contribution in [2.24, 2.45) is 5.92 Å². The minimum Gasteiger partial charge on any atom is -0.366 e. The van der Waals surface area contributed by atoms with Crippen molar-refractivity contribution in [3.8, 4) is 0 Å². The predicted molar refractivity (Wildman–Crippen MR) is 122 cm³/mol. The van der Waals surface area contributed by atoms with Gasteiger partial charge in [-0.05, 0) is 42.9 Å². The molecule has 3 atom stereocenters. The SMILES string of the molecule is O=C1COC2CCN(C(=O)N3CCN(C(c4ccc(F)cc4)C4CCCCC4)CC3)CC2N1. The van der Waals surface area contributed by atoms with Crippen LogP contribution in [0.1, 0.15) is 50.1 Å². The molecule has 1 aliphatic carbocycles. The number of benzene rings is 1. The number of piperazine rings is 1. The summed E-state index contributed by atoms with van der Waals surface area (Å²) in [5.74, 6) is 0.286. The van der Waals surface area contributed by atoms with Gasteiger partial charge in [0.2, 0.25) is 5.91 Å². The Kier molecular flexibility index (Phi) is 6.83. The smallest absolute Gasteiger partial charge is 0.320 e. The lowest BCUT2D eigenvalue weighted by Gasteiger charge is -2.46. The summed E-state index contributed by atoms with van der Waals surface area (Å²) in [5.41, 5.74) is 1.19. The maximum atomic E-state index is 13.6. The number of morpholine rings is 1. The van der Waals surface area contributed by atoms with E-state index in [0.29, 0.717) is 32.1 Å². The number of fused-ring (bicyclic) bond motifs is 1. The van der Waals surface area contributed by atoms with Crippen LogP contribution in [0.2, 0.25) is 0 Å². The van der Waals surface area contributed by atoms with Gasteiger partial charge in [0.15, 0.2) is 0 Å². The molecule has 180 valence electrons. The number of hydrogen-bond donors (Lipinski definition) is 1. The van der Waals surface area contributed by atoms with E-state index in [9.17, 15) is 14.0 Å². The van der Waals surface area contributed by atoms with Crippen LogP contribution in [0.3, 0.4) is 0 Å². The molecule has 3 saturated heterocycles. The highest BCUT2D eigenvalue weighted by molar-refractivity contribution is 5.79. The van der Waals surface area contributed by atoms with Gasteiger partial charge in [0.1, 0.15) is 12.4 Å². The van der Waals surface area contributed by atoms with Gasteiger partial charge in [0.25, 0.3) is 0 Å². The van der Waals surface area contributed by atoms with E-state index in [1.807, 2.05) is 21.9 Å². The van der Waals surface area contributed by atoms with E-state index in [0.717, 1.165) is 19.5 Å². The van der Waals surface area contributed by atoms with Crippen molar-refractivity contribution in [3.63, 3.8) is 0 Å². The molecule has 8 heteroatoms. The summed E-state index contributed by atoms with van der Waals surface area (Å²) in [5, 5.41) is 2.98. The van der Waals surface area contributed by atoms with Crippen molar-refractivity contribution in [1.29, 1.82) is 0 Å². The number of likely N-dealkylation sites (tertiary alicyclic amines) is 1. The molecule has 4 aliphatic rings. The molecule has 0 aromatic heterocycles. The summed E-state index contributed by atoms with van der Waals surface area (Å²) in [6.07, 6.45) is 7.02. The molecule has 0 bridgehead atoms. The molecular weight excluding hydrogens is 423 g/mol. The molecule has 1 aromatic rings. The Balaban J connectivity index is 1.21. The van der Waals surface area contributed by atoms with E-state index in [1.165, 1.54) is 37.7 Å². The number of piperidine rings is 1. The molecule has 1 saturated carbocycles. The molecule has 5 rings (SSSR count). The zero-order chi connectivity index (χ0) is 22.8. The first kappa shape index (κ1) is 22.6. The number of hydrogen-bond acceptors (Lipinski definition) is 4. The van der Waals surface area contributed by atoms with Crippen LogP contribution >= 0.6 is 0 Å². The molecule has 3 aliphatic heterocycles. The number of ether oxygens (including phenoxy) is 1. The van der Waals surface area contributed by atoms with E-state index >= 15 is 0 Å². The highest BCUT2D eigenvalue weighted by Gasteiger charge is 2.39. The highest BCUT2D eigenvalue weighted by atomic mass is 19.1. The average Bonchev–Trinajstić information content (AvgIpc) is 2.85. The Morgan fingerprint density at radius 2 is 1.70 bits per heavy atom. The van der Waals surface area contributed by atoms with Gasteiger partial charge >= 0.3 is 6.03 Å². The molecule has 7 nitrogen and oxygen atoms in total. The lowest BCUT2D eigenvalue weighted by molar-refractivity contribution is -0.139. The van der Waals surface area contributed by atoms with Crippen molar-refractivity contribution < 1.29 is 18.7 Å². The molecule has 1 N–H and O–H groups in total. The lowest BCUT2D eigenvalue weighted by atomic mass is 9.80. The third kappa shape index (κ3) is 5.01. The number of amides is 3. The topological polar surface area (TPSA) is 65.1 Å². The van der Waals surface area contributed by atoms with Crippen LogP contribution in [0.4, 0.5) is 9.18 Å². The van der Waals surface area contributed by atoms with Crippen LogP contribution in [0.5, 0.6) is 0 Å². The summed E-state index contributed by atoms with van der Waals surface area (Å²) in [7, 11) is 0. The first-order valence-electron chi connectivity index (χ1n) is 12.5. The van der Waals surface area contributed by atoms with Gasteiger partial charge in [-0.1, -0.05) is 31.4 Å². The van der Waals surface area contributed by atoms with Gasteiger partial charge in [-0.15, -0.1) is 0 Å². The number of urea groups is 1. The lowest BCUT2D eigenvalue weighted by Crippen LogP contribution is -2.63. The maximum absolute atomic E-state index is 13.6. The Hall–Kier alpha value is -2.19. The van der Waals surface area contributed by atoms with Crippen molar-refractivity contribution in [3.05, 3.63) is 35.6 Å². The Bertz CT molecular complexity index is 837. The number of carbonyl (C=O) groups excluding carboxylic acids is 2. The third-order valence-corrected chi connectivity index (χ3v) is 7.88. The molecule has 0 spiro atoms. The van der Waals surface area contributed by atoms with Crippen LogP contribution < -0.4 is 5.32 Å². The summed E-state index contributed by atoms with van der Waals surface area (Å²) in [6.45, 7) is 4.32. The van der Waals surface area contributed by atoms with Crippen molar-refractivity contribution in [2.75, 3.05) is 45.9 Å². The van der Waals surface area contributed by atoms with Crippen LogP contribution in [-0.2, 0) is 9.53 Å². The third-order valence-electron chi connectivity index (χ3n) is 7.88. The second-order valence-corrected chi connectivity index (χ2v) is 9.96. The second kappa shape index (κ2) is 9.97. The number of rotatable bonds is 3. The van der Waals surface area contributed by atoms with Gasteiger partial charge < -0.3 is 19.9 Å². The van der Waals surface area contributed by atoms with E-state index in [-0.39, 0.29) is 42.6 Å². The minimum atomic E-state index is -0.195. The highest BCUT2D eigenvalue weighted by Crippen LogP contribution is 2.39. The second-order valence-electron chi connectivity index (χ2n) is 9.96. The van der Waals surface area contributed by atoms with Crippen LogP contribution in [0.15, 0.2) is 24.3 Å². The first-order valence-corrected chi connectivity index (χ1v) is 12.5. The van der Waals surface area contributed by atoms with Gasteiger partial charge in [-0.25, -0.2) is 9.18 Å². The molecular formula is C25H35FN4O3. The summed E-state index contributed by atoms with van der Waals surface area (Å²) >= 11 is 0. The fraction of sp³-hybridized carbons (Fsp3) is 0.680. The number of nitrogens with one attached hydrogen (secondary N) is 1. The van der Waals surface area contributed by atoms with Gasteiger partial charge in [0, 0.05) is 45.3 Å². The molecule has 33 heavy (non-hydrogen) atoms. The largest absolute Gasteiger partial charge is 0.366 e. The zero-order valence-corrected chi connectivity index (χ0v) is 19.3. The quantitative estimate of drug-likeness (QED) is 0.757. The van der Waals surface area contributed by atoms with Crippen molar-refractivity contribution in [2.45, 2.75) is 56.7 Å². The van der Waals surface area contributed by atoms with Crippen LogP contribution in [0.25, 0.3) is 0 Å². The molecule has 3 amide bonds. The van der Waals surface area contributed by atoms with Gasteiger partial charge in [0.05, 0.1) is 12.1 Å². The molecule has 4 fully saturated rings. The van der Waals surface area contributed by atoms with Crippen LogP contribution in [-0.4, -0.2) is 84.7 Å². The molecule has 3 unspecified atom stereocenters. The monoisotopic (exact) mass is 458 g/mol. The predicted octanol–water partition coefficient (Wildman–Crippen LogP) is 2.77. The molecule has 3 heterocycles.